The van der Waals surface area contributed by atoms with Gasteiger partial charge in [-0.1, -0.05) is 24.3 Å². The number of methoxy groups -OCH3 is 1. The molecule has 0 saturated carbocycles. The van der Waals surface area contributed by atoms with E-state index in [9.17, 15) is 4.79 Å². The van der Waals surface area contributed by atoms with Gasteiger partial charge in [0, 0.05) is 23.1 Å². The maximum Gasteiger partial charge on any atom is 0.240 e. The summed E-state index contributed by atoms with van der Waals surface area (Å²) in [4.78, 5) is 12.4. The number of fused-ring (bicyclic) bond motifs is 2. The molecule has 1 aliphatic rings. The summed E-state index contributed by atoms with van der Waals surface area (Å²) in [5.41, 5.74) is 3.74. The molecule has 1 amide bonds. The van der Waals surface area contributed by atoms with E-state index < -0.39 is 0 Å². The second-order valence-electron chi connectivity index (χ2n) is 6.31. The molecule has 1 heterocycles. The summed E-state index contributed by atoms with van der Waals surface area (Å²) >= 11 is 0. The van der Waals surface area contributed by atoms with Crippen molar-refractivity contribution in [1.29, 1.82) is 0 Å². The minimum absolute atomic E-state index is 0.0566. The number of benzene rings is 2. The van der Waals surface area contributed by atoms with Crippen molar-refractivity contribution in [1.82, 2.24) is 9.88 Å². The third-order valence-corrected chi connectivity index (χ3v) is 4.71. The van der Waals surface area contributed by atoms with E-state index in [2.05, 4.69) is 29.6 Å². The number of ether oxygens (including phenoxy) is 1. The third-order valence-electron chi connectivity index (χ3n) is 4.71. The lowest BCUT2D eigenvalue weighted by Crippen LogP contribution is -2.37. The van der Waals surface area contributed by atoms with Gasteiger partial charge in [-0.25, -0.2) is 0 Å². The topological polar surface area (TPSA) is 43.3 Å². The molecule has 0 radical (unpaired) electrons. The van der Waals surface area contributed by atoms with Crippen molar-refractivity contribution in [2.45, 2.75) is 25.4 Å². The number of nitrogens with one attached hydrogen (secondary N) is 1. The number of carbonyl (C=O) groups is 1. The molecule has 4 nitrogen and oxygen atoms in total. The number of carbonyl (C=O) groups excluding carboxylic acids is 1. The molecule has 1 aliphatic carbocycles. The van der Waals surface area contributed by atoms with Crippen molar-refractivity contribution >= 4 is 16.8 Å². The first kappa shape index (κ1) is 14.8. The fraction of sp³-hybridized carbons (Fsp3) is 0.250. The second-order valence-corrected chi connectivity index (χ2v) is 6.31. The first-order valence-corrected chi connectivity index (χ1v) is 8.22. The average Bonchev–Trinajstić information content (AvgIpc) is 3.17. The monoisotopic (exact) mass is 320 g/mol. The van der Waals surface area contributed by atoms with Gasteiger partial charge in [0.1, 0.15) is 12.3 Å². The molecule has 4 heteroatoms. The lowest BCUT2D eigenvalue weighted by atomic mass is 10.1. The summed E-state index contributed by atoms with van der Waals surface area (Å²) in [6, 6.07) is 16.5. The molecule has 0 saturated heterocycles. The van der Waals surface area contributed by atoms with E-state index in [1.165, 1.54) is 11.1 Å². The summed E-state index contributed by atoms with van der Waals surface area (Å²) in [5, 5.41) is 4.25. The van der Waals surface area contributed by atoms with E-state index in [-0.39, 0.29) is 11.9 Å². The van der Waals surface area contributed by atoms with Crippen LogP contribution < -0.4 is 10.1 Å². The first-order chi connectivity index (χ1) is 11.7. The molecule has 4 rings (SSSR count). The standard InChI is InChI=1S/C20H20N2O2/c1-24-18-6-7-19-16(12-18)8-9-22(19)13-20(23)21-17-10-14-4-2-3-5-15(14)11-17/h2-9,12,17H,10-11,13H2,1H3,(H,21,23). The van der Waals surface area contributed by atoms with Gasteiger partial charge in [-0.2, -0.15) is 0 Å². The Labute approximate surface area is 141 Å². The van der Waals surface area contributed by atoms with Gasteiger partial charge in [-0.05, 0) is 48.2 Å². The SMILES string of the molecule is COc1ccc2c(ccn2CC(=O)NC2Cc3ccccc3C2)c1. The molecule has 0 spiro atoms. The average molecular weight is 320 g/mol. The summed E-state index contributed by atoms with van der Waals surface area (Å²) in [7, 11) is 1.66. The van der Waals surface area contributed by atoms with Gasteiger partial charge in [-0.3, -0.25) is 4.79 Å². The Balaban J connectivity index is 1.44. The van der Waals surface area contributed by atoms with Gasteiger partial charge in [0.2, 0.25) is 5.91 Å². The molecular weight excluding hydrogens is 300 g/mol. The van der Waals surface area contributed by atoms with E-state index in [1.807, 2.05) is 35.0 Å². The summed E-state index contributed by atoms with van der Waals surface area (Å²) in [5.74, 6) is 0.884. The van der Waals surface area contributed by atoms with Crippen molar-refractivity contribution in [3.05, 3.63) is 65.9 Å². The Morgan fingerprint density at radius 2 is 1.92 bits per heavy atom. The molecule has 2 aromatic carbocycles. The molecule has 0 atom stereocenters. The van der Waals surface area contributed by atoms with Crippen LogP contribution in [0, 0.1) is 0 Å². The Morgan fingerprint density at radius 3 is 2.62 bits per heavy atom. The second kappa shape index (κ2) is 6.04. The van der Waals surface area contributed by atoms with Crippen LogP contribution in [-0.4, -0.2) is 23.6 Å². The molecule has 0 aliphatic heterocycles. The summed E-state index contributed by atoms with van der Waals surface area (Å²) < 4.78 is 7.22. The smallest absolute Gasteiger partial charge is 0.240 e. The van der Waals surface area contributed by atoms with Crippen molar-refractivity contribution < 1.29 is 9.53 Å². The van der Waals surface area contributed by atoms with Crippen LogP contribution in [0.2, 0.25) is 0 Å². The first-order valence-electron chi connectivity index (χ1n) is 8.22. The number of aromatic nitrogens is 1. The Bertz CT molecular complexity index is 873. The molecule has 0 unspecified atom stereocenters. The Hall–Kier alpha value is -2.75. The van der Waals surface area contributed by atoms with E-state index in [4.69, 9.17) is 4.74 Å². The predicted molar refractivity (Wildman–Crippen MR) is 94.3 cm³/mol. The van der Waals surface area contributed by atoms with Gasteiger partial charge in [0.15, 0.2) is 0 Å². The highest BCUT2D eigenvalue weighted by Crippen LogP contribution is 2.23. The van der Waals surface area contributed by atoms with Crippen molar-refractivity contribution in [2.75, 3.05) is 7.11 Å². The minimum atomic E-state index is 0.0566. The van der Waals surface area contributed by atoms with Gasteiger partial charge >= 0.3 is 0 Å². The van der Waals surface area contributed by atoms with Gasteiger partial charge in [-0.15, -0.1) is 0 Å². The van der Waals surface area contributed by atoms with Crippen LogP contribution in [0.5, 0.6) is 5.75 Å². The van der Waals surface area contributed by atoms with Crippen LogP contribution in [0.25, 0.3) is 10.9 Å². The molecule has 0 fully saturated rings. The molecule has 1 N–H and O–H groups in total. The molecule has 0 bridgehead atoms. The normalized spacial score (nSPS) is 13.9. The lowest BCUT2D eigenvalue weighted by Gasteiger charge is -2.13. The molecular formula is C20H20N2O2. The van der Waals surface area contributed by atoms with Crippen LogP contribution in [0.3, 0.4) is 0 Å². The maximum atomic E-state index is 12.4. The Morgan fingerprint density at radius 1 is 1.17 bits per heavy atom. The van der Waals surface area contributed by atoms with Crippen LogP contribution >= 0.6 is 0 Å². The molecule has 3 aromatic rings. The number of nitrogens with zero attached hydrogens (tertiary/aromatic N) is 1. The molecule has 122 valence electrons. The van der Waals surface area contributed by atoms with Crippen LogP contribution in [0.15, 0.2) is 54.7 Å². The highest BCUT2D eigenvalue weighted by atomic mass is 16.5. The van der Waals surface area contributed by atoms with Gasteiger partial charge < -0.3 is 14.6 Å². The number of hydrogen-bond donors (Lipinski definition) is 1. The van der Waals surface area contributed by atoms with Gasteiger partial charge in [0.05, 0.1) is 7.11 Å². The fourth-order valence-corrected chi connectivity index (χ4v) is 3.53. The quantitative estimate of drug-likeness (QED) is 0.803. The fourth-order valence-electron chi connectivity index (χ4n) is 3.53. The van der Waals surface area contributed by atoms with Crippen LogP contribution in [0.1, 0.15) is 11.1 Å². The highest BCUT2D eigenvalue weighted by molar-refractivity contribution is 5.84. The molecule has 1 aromatic heterocycles. The Kier molecular flexibility index (Phi) is 3.73. The lowest BCUT2D eigenvalue weighted by molar-refractivity contribution is -0.122. The van der Waals surface area contributed by atoms with Crippen LogP contribution in [-0.2, 0) is 24.2 Å². The van der Waals surface area contributed by atoms with E-state index in [0.717, 1.165) is 29.5 Å². The molecule has 24 heavy (non-hydrogen) atoms. The number of hydrogen-bond acceptors (Lipinski definition) is 2. The zero-order valence-electron chi connectivity index (χ0n) is 13.7. The summed E-state index contributed by atoms with van der Waals surface area (Å²) in [6.07, 6.45) is 3.80. The third kappa shape index (κ3) is 2.75. The predicted octanol–water partition coefficient (Wildman–Crippen LogP) is 2.93. The van der Waals surface area contributed by atoms with E-state index >= 15 is 0 Å². The maximum absolute atomic E-state index is 12.4. The van der Waals surface area contributed by atoms with Crippen molar-refractivity contribution in [2.24, 2.45) is 0 Å². The zero-order chi connectivity index (χ0) is 16.5. The van der Waals surface area contributed by atoms with Crippen molar-refractivity contribution in [3.63, 3.8) is 0 Å². The number of amides is 1. The van der Waals surface area contributed by atoms with Crippen molar-refractivity contribution in [3.8, 4) is 5.75 Å². The van der Waals surface area contributed by atoms with Gasteiger partial charge in [0.25, 0.3) is 0 Å². The summed E-state index contributed by atoms with van der Waals surface area (Å²) in [6.45, 7) is 0.336. The largest absolute Gasteiger partial charge is 0.497 e. The van der Waals surface area contributed by atoms with Crippen LogP contribution in [0.4, 0.5) is 0 Å². The highest BCUT2D eigenvalue weighted by Gasteiger charge is 2.22. The minimum Gasteiger partial charge on any atom is -0.497 e. The zero-order valence-corrected chi connectivity index (χ0v) is 13.7. The number of rotatable bonds is 4. The van der Waals surface area contributed by atoms with E-state index in [0.29, 0.717) is 6.54 Å². The van der Waals surface area contributed by atoms with E-state index in [1.54, 1.807) is 7.11 Å².